The zero-order chi connectivity index (χ0) is 14.8. The highest BCUT2D eigenvalue weighted by molar-refractivity contribution is 4.89. The monoisotopic (exact) mass is 288 g/mol. The molecule has 0 aliphatic carbocycles. The molecular weight excluding hydrogens is 260 g/mol. The van der Waals surface area contributed by atoms with Crippen LogP contribution in [0.4, 0.5) is 0 Å². The van der Waals surface area contributed by atoms with Crippen molar-refractivity contribution in [2.45, 2.75) is 69.9 Å². The quantitative estimate of drug-likeness (QED) is 0.441. The maximum absolute atomic E-state index is 9.90. The van der Waals surface area contributed by atoms with Crippen molar-refractivity contribution in [3.8, 4) is 0 Å². The van der Waals surface area contributed by atoms with Crippen molar-refractivity contribution < 1.29 is 24.8 Å². The summed E-state index contributed by atoms with van der Waals surface area (Å²) >= 11 is 0. The lowest BCUT2D eigenvalue weighted by Gasteiger charge is -2.36. The summed E-state index contributed by atoms with van der Waals surface area (Å²) in [6, 6.07) is 0. The van der Waals surface area contributed by atoms with Crippen LogP contribution in [0.3, 0.4) is 0 Å². The van der Waals surface area contributed by atoms with Gasteiger partial charge in [0.05, 0.1) is 19.5 Å². The largest absolute Gasteiger partial charge is 0.493 e. The normalized spacial score (nSPS) is 30.8. The van der Waals surface area contributed by atoms with E-state index in [0.29, 0.717) is 0 Å². The molecule has 4 atom stereocenters. The topological polar surface area (TPSA) is 79.2 Å². The number of ether oxygens (including phenoxy) is 2. The summed E-state index contributed by atoms with van der Waals surface area (Å²) in [7, 11) is 0. The summed E-state index contributed by atoms with van der Waals surface area (Å²) < 4.78 is 10.5. The first-order chi connectivity index (χ1) is 9.70. The minimum Gasteiger partial charge on any atom is -0.493 e. The Kier molecular flexibility index (Phi) is 8.85. The van der Waals surface area contributed by atoms with Gasteiger partial charge in [0, 0.05) is 0 Å². The Morgan fingerprint density at radius 2 is 1.95 bits per heavy atom. The molecule has 1 aliphatic heterocycles. The van der Waals surface area contributed by atoms with Gasteiger partial charge in [-0.05, 0) is 18.9 Å². The van der Waals surface area contributed by atoms with E-state index in [9.17, 15) is 10.2 Å². The number of aliphatic hydroxyl groups excluding tert-OH is 3. The number of aliphatic hydroxyl groups is 3. The molecule has 118 valence electrons. The number of unbranched alkanes of at least 4 members (excludes halogenated alkanes) is 5. The smallest absolute Gasteiger partial charge is 0.154 e. The molecule has 0 aromatic heterocycles. The van der Waals surface area contributed by atoms with Crippen molar-refractivity contribution in [1.29, 1.82) is 0 Å². The lowest BCUT2D eigenvalue weighted by molar-refractivity contribution is -0.197. The first-order valence-corrected chi connectivity index (χ1v) is 7.59. The van der Waals surface area contributed by atoms with Crippen molar-refractivity contribution >= 4 is 0 Å². The maximum atomic E-state index is 9.90. The molecule has 0 aromatic carbocycles. The van der Waals surface area contributed by atoms with Crippen molar-refractivity contribution in [1.82, 2.24) is 0 Å². The second kappa shape index (κ2) is 10.2. The molecule has 1 saturated heterocycles. The predicted molar refractivity (Wildman–Crippen MR) is 76.2 cm³/mol. The van der Waals surface area contributed by atoms with Crippen LogP contribution in [0.1, 0.15) is 45.4 Å². The third kappa shape index (κ3) is 5.79. The Morgan fingerprint density at radius 1 is 1.20 bits per heavy atom. The van der Waals surface area contributed by atoms with Gasteiger partial charge in [0.2, 0.25) is 0 Å². The molecule has 5 heteroatoms. The second-order valence-corrected chi connectivity index (χ2v) is 5.29. The number of hydrogen-bond acceptors (Lipinski definition) is 5. The van der Waals surface area contributed by atoms with Gasteiger partial charge in [-0.2, -0.15) is 0 Å². The highest BCUT2D eigenvalue weighted by Gasteiger charge is 2.39. The lowest BCUT2D eigenvalue weighted by Crippen LogP contribution is -2.54. The standard InChI is InChI=1S/C15H28O5/c1-2-3-4-5-6-7-8-9-19-15-12(17)11-20-13(10-16)14(15)18/h8-9,12-18H,2-7,10-11H2,1H3/b9-8+/t12-,13+,14+,15+/m0/s1. The second-order valence-electron chi connectivity index (χ2n) is 5.29. The Labute approximate surface area is 121 Å². The number of rotatable bonds is 9. The predicted octanol–water partition coefficient (Wildman–Crippen LogP) is 1.36. The van der Waals surface area contributed by atoms with E-state index in [0.717, 1.165) is 12.8 Å². The molecule has 0 amide bonds. The average molecular weight is 288 g/mol. The van der Waals surface area contributed by atoms with Crippen molar-refractivity contribution in [2.24, 2.45) is 0 Å². The van der Waals surface area contributed by atoms with Gasteiger partial charge in [0.15, 0.2) is 6.10 Å². The highest BCUT2D eigenvalue weighted by atomic mass is 16.6. The van der Waals surface area contributed by atoms with Gasteiger partial charge >= 0.3 is 0 Å². The van der Waals surface area contributed by atoms with Gasteiger partial charge in [-0.15, -0.1) is 0 Å². The molecule has 0 bridgehead atoms. The van der Waals surface area contributed by atoms with E-state index in [4.69, 9.17) is 14.6 Å². The van der Waals surface area contributed by atoms with Gasteiger partial charge in [-0.3, -0.25) is 0 Å². The van der Waals surface area contributed by atoms with Crippen LogP contribution in [0.5, 0.6) is 0 Å². The molecular formula is C15H28O5. The maximum Gasteiger partial charge on any atom is 0.154 e. The third-order valence-corrected chi connectivity index (χ3v) is 3.56. The summed E-state index contributed by atoms with van der Waals surface area (Å²) in [5, 5.41) is 28.7. The molecule has 5 nitrogen and oxygen atoms in total. The molecule has 0 saturated carbocycles. The van der Waals surface area contributed by atoms with Crippen LogP contribution < -0.4 is 0 Å². The van der Waals surface area contributed by atoms with E-state index in [-0.39, 0.29) is 13.2 Å². The average Bonchev–Trinajstić information content (AvgIpc) is 2.45. The molecule has 0 spiro atoms. The SMILES string of the molecule is CCCCCCC/C=C/O[C@H]1[C@H](O)[C@@H](CO)OC[C@@H]1O. The Morgan fingerprint density at radius 3 is 2.65 bits per heavy atom. The Hall–Kier alpha value is -0.620. The van der Waals surface area contributed by atoms with Crippen LogP contribution in [0, 0.1) is 0 Å². The number of allylic oxidation sites excluding steroid dienone is 1. The van der Waals surface area contributed by atoms with E-state index < -0.39 is 24.4 Å². The van der Waals surface area contributed by atoms with Gasteiger partial charge < -0.3 is 24.8 Å². The van der Waals surface area contributed by atoms with Gasteiger partial charge in [-0.25, -0.2) is 0 Å². The van der Waals surface area contributed by atoms with Gasteiger partial charge in [0.25, 0.3) is 0 Å². The van der Waals surface area contributed by atoms with Gasteiger partial charge in [0.1, 0.15) is 18.3 Å². The number of hydrogen-bond donors (Lipinski definition) is 3. The molecule has 1 heterocycles. The summed E-state index contributed by atoms with van der Waals surface area (Å²) in [5.41, 5.74) is 0. The van der Waals surface area contributed by atoms with E-state index in [1.165, 1.54) is 31.9 Å². The Bertz CT molecular complexity index is 269. The minimum atomic E-state index is -1.02. The zero-order valence-electron chi connectivity index (χ0n) is 12.3. The molecule has 0 aromatic rings. The summed E-state index contributed by atoms with van der Waals surface area (Å²) in [6.07, 6.45) is 7.19. The fourth-order valence-corrected chi connectivity index (χ4v) is 2.27. The van der Waals surface area contributed by atoms with E-state index in [1.54, 1.807) is 0 Å². The minimum absolute atomic E-state index is 0.0673. The molecule has 1 rings (SSSR count). The summed E-state index contributed by atoms with van der Waals surface area (Å²) in [4.78, 5) is 0. The fourth-order valence-electron chi connectivity index (χ4n) is 2.27. The molecule has 0 unspecified atom stereocenters. The van der Waals surface area contributed by atoms with Crippen LogP contribution in [0.25, 0.3) is 0 Å². The van der Waals surface area contributed by atoms with Crippen LogP contribution in [-0.4, -0.2) is 52.9 Å². The van der Waals surface area contributed by atoms with Crippen LogP contribution in [-0.2, 0) is 9.47 Å². The molecule has 1 aliphatic rings. The van der Waals surface area contributed by atoms with E-state index in [1.807, 2.05) is 6.08 Å². The highest BCUT2D eigenvalue weighted by Crippen LogP contribution is 2.18. The van der Waals surface area contributed by atoms with Crippen LogP contribution in [0.15, 0.2) is 12.3 Å². The van der Waals surface area contributed by atoms with E-state index in [2.05, 4.69) is 6.92 Å². The molecule has 0 radical (unpaired) electrons. The Balaban J connectivity index is 2.21. The third-order valence-electron chi connectivity index (χ3n) is 3.56. The zero-order valence-corrected chi connectivity index (χ0v) is 12.3. The first kappa shape index (κ1) is 17.4. The van der Waals surface area contributed by atoms with Crippen LogP contribution in [0.2, 0.25) is 0 Å². The lowest BCUT2D eigenvalue weighted by atomic mass is 10.0. The molecule has 1 fully saturated rings. The van der Waals surface area contributed by atoms with Gasteiger partial charge in [-0.1, -0.05) is 32.6 Å². The molecule has 3 N–H and O–H groups in total. The van der Waals surface area contributed by atoms with E-state index >= 15 is 0 Å². The summed E-state index contributed by atoms with van der Waals surface area (Å²) in [6.45, 7) is 1.98. The first-order valence-electron chi connectivity index (χ1n) is 7.59. The summed E-state index contributed by atoms with van der Waals surface area (Å²) in [5.74, 6) is 0. The van der Waals surface area contributed by atoms with Crippen molar-refractivity contribution in [3.05, 3.63) is 12.3 Å². The molecule has 20 heavy (non-hydrogen) atoms. The van der Waals surface area contributed by atoms with Crippen molar-refractivity contribution in [3.63, 3.8) is 0 Å². The van der Waals surface area contributed by atoms with Crippen LogP contribution >= 0.6 is 0 Å². The van der Waals surface area contributed by atoms with Crippen molar-refractivity contribution in [2.75, 3.05) is 13.2 Å². The fraction of sp³-hybridized carbons (Fsp3) is 0.867.